The van der Waals surface area contributed by atoms with Crippen molar-refractivity contribution in [1.82, 2.24) is 5.32 Å². The van der Waals surface area contributed by atoms with Crippen LogP contribution in [-0.4, -0.2) is 31.1 Å². The topological polar surface area (TPSA) is 78.5 Å². The van der Waals surface area contributed by atoms with E-state index in [1.165, 1.54) is 0 Å². The number of aliphatic carboxylic acids is 1. The minimum absolute atomic E-state index is 0. The molecule has 1 heterocycles. The smallest absolute Gasteiger partial charge is 0.549 e. The number of carboxylic acids is 1. The molecule has 3 fully saturated rings. The van der Waals surface area contributed by atoms with Crippen LogP contribution in [0.2, 0.25) is 0 Å². The van der Waals surface area contributed by atoms with Crippen molar-refractivity contribution in [1.29, 1.82) is 0 Å². The Hall–Kier alpha value is -0.880. The third-order valence-corrected chi connectivity index (χ3v) is 6.11. The second-order valence-corrected chi connectivity index (χ2v) is 7.42. The molecule has 2 saturated carbocycles. The summed E-state index contributed by atoms with van der Waals surface area (Å²) < 4.78 is 5.70. The molecule has 128 valence electrons. The standard InChI is InChI=1S/C19H23NO4.Na/c21-17(20-10-12-6-7-15-8-13(12)11-24-15)16-9-19(16,18(22)23)14-4-2-1-3-5-14;/h1-5,12-13,15-16H,6-11H2,(H,20,21)(H,22,23);/q;+1/p-1/t12?,13?,15?,16-,19+;/m1./s1. The van der Waals surface area contributed by atoms with E-state index in [2.05, 4.69) is 5.32 Å². The average molecular weight is 351 g/mol. The molecule has 6 heteroatoms. The predicted molar refractivity (Wildman–Crippen MR) is 84.8 cm³/mol. The fourth-order valence-electron chi connectivity index (χ4n) is 4.50. The third-order valence-electron chi connectivity index (χ3n) is 6.11. The third kappa shape index (κ3) is 3.39. The van der Waals surface area contributed by atoms with Crippen LogP contribution in [0.15, 0.2) is 30.3 Å². The summed E-state index contributed by atoms with van der Waals surface area (Å²) in [5.41, 5.74) is -0.491. The minimum Gasteiger partial charge on any atom is -0.549 e. The van der Waals surface area contributed by atoms with Crippen LogP contribution in [0.25, 0.3) is 0 Å². The minimum atomic E-state index is -1.15. The first-order chi connectivity index (χ1) is 11.6. The number of ether oxygens (including phenoxy) is 1. The van der Waals surface area contributed by atoms with E-state index in [1.807, 2.05) is 6.07 Å². The van der Waals surface area contributed by atoms with Gasteiger partial charge in [0.2, 0.25) is 5.91 Å². The van der Waals surface area contributed by atoms with Gasteiger partial charge in [-0.25, -0.2) is 0 Å². The van der Waals surface area contributed by atoms with Gasteiger partial charge in [0.05, 0.1) is 24.6 Å². The Labute approximate surface area is 169 Å². The quantitative estimate of drug-likeness (QED) is 0.602. The van der Waals surface area contributed by atoms with Gasteiger partial charge in [0.25, 0.3) is 0 Å². The summed E-state index contributed by atoms with van der Waals surface area (Å²) in [7, 11) is 0. The fourth-order valence-corrected chi connectivity index (χ4v) is 4.50. The Bertz CT molecular complexity index is 652. The van der Waals surface area contributed by atoms with Crippen molar-refractivity contribution in [3.8, 4) is 0 Å². The van der Waals surface area contributed by atoms with Crippen LogP contribution in [-0.2, 0) is 19.7 Å². The fraction of sp³-hybridized carbons (Fsp3) is 0.579. The van der Waals surface area contributed by atoms with Gasteiger partial charge >= 0.3 is 29.6 Å². The number of nitrogens with one attached hydrogen (secondary N) is 1. The van der Waals surface area contributed by atoms with E-state index >= 15 is 0 Å². The molecule has 2 aliphatic carbocycles. The van der Waals surface area contributed by atoms with E-state index in [0.717, 1.165) is 25.9 Å². The molecule has 25 heavy (non-hydrogen) atoms. The van der Waals surface area contributed by atoms with Gasteiger partial charge in [0, 0.05) is 12.0 Å². The monoisotopic (exact) mass is 351 g/mol. The zero-order valence-electron chi connectivity index (χ0n) is 14.6. The van der Waals surface area contributed by atoms with Crippen LogP contribution in [0.4, 0.5) is 0 Å². The second kappa shape index (κ2) is 7.39. The molecule has 0 spiro atoms. The van der Waals surface area contributed by atoms with Gasteiger partial charge in [-0.2, -0.15) is 0 Å². The zero-order valence-corrected chi connectivity index (χ0v) is 16.6. The van der Waals surface area contributed by atoms with Gasteiger partial charge in [0.1, 0.15) is 0 Å². The molecule has 1 amide bonds. The van der Waals surface area contributed by atoms with Crippen LogP contribution in [0.3, 0.4) is 0 Å². The van der Waals surface area contributed by atoms with Gasteiger partial charge in [-0.1, -0.05) is 30.3 Å². The Morgan fingerprint density at radius 1 is 1.24 bits per heavy atom. The maximum Gasteiger partial charge on any atom is 1.00 e. The van der Waals surface area contributed by atoms with E-state index in [9.17, 15) is 14.7 Å². The molecule has 1 aromatic carbocycles. The van der Waals surface area contributed by atoms with Crippen LogP contribution < -0.4 is 40.0 Å². The molecule has 0 aromatic heterocycles. The van der Waals surface area contributed by atoms with Crippen molar-refractivity contribution in [3.63, 3.8) is 0 Å². The molecular formula is C19H22NNaO4. The Balaban J connectivity index is 0.00000182. The van der Waals surface area contributed by atoms with E-state index in [-0.39, 0.29) is 35.5 Å². The van der Waals surface area contributed by atoms with Gasteiger partial charge in [-0.3, -0.25) is 4.79 Å². The van der Waals surface area contributed by atoms with Crippen LogP contribution >= 0.6 is 0 Å². The van der Waals surface area contributed by atoms with Crippen molar-refractivity contribution in [3.05, 3.63) is 35.9 Å². The number of hydrogen-bond acceptors (Lipinski definition) is 4. The molecule has 0 radical (unpaired) electrons. The summed E-state index contributed by atoms with van der Waals surface area (Å²) in [5, 5.41) is 14.7. The van der Waals surface area contributed by atoms with Crippen LogP contribution in [0, 0.1) is 17.8 Å². The maximum atomic E-state index is 12.5. The van der Waals surface area contributed by atoms with E-state index < -0.39 is 17.3 Å². The number of hydrogen-bond donors (Lipinski definition) is 1. The second-order valence-electron chi connectivity index (χ2n) is 7.42. The molecular weight excluding hydrogens is 329 g/mol. The molecule has 1 aliphatic heterocycles. The molecule has 3 unspecified atom stereocenters. The van der Waals surface area contributed by atoms with E-state index in [0.29, 0.717) is 36.5 Å². The predicted octanol–water partition coefficient (Wildman–Crippen LogP) is -2.37. The average Bonchev–Trinajstić information content (AvgIpc) is 3.27. The van der Waals surface area contributed by atoms with Gasteiger partial charge < -0.3 is 20.0 Å². The zero-order chi connectivity index (χ0) is 16.7. The molecule has 2 bridgehead atoms. The Morgan fingerprint density at radius 3 is 2.72 bits per heavy atom. The molecule has 1 aromatic rings. The van der Waals surface area contributed by atoms with Crippen LogP contribution in [0.1, 0.15) is 31.2 Å². The van der Waals surface area contributed by atoms with Gasteiger partial charge in [-0.05, 0) is 43.1 Å². The van der Waals surface area contributed by atoms with Crippen molar-refractivity contribution in [2.24, 2.45) is 17.8 Å². The number of fused-ring (bicyclic) bond motifs is 2. The van der Waals surface area contributed by atoms with Gasteiger partial charge in [-0.15, -0.1) is 0 Å². The SMILES string of the molecule is O=C(NCC1CCC2CC1CO2)[C@H]1C[C@]1(C(=O)[O-])c1ccccc1.[Na+]. The summed E-state index contributed by atoms with van der Waals surface area (Å²) >= 11 is 0. The Kier molecular flexibility index (Phi) is 5.59. The maximum absolute atomic E-state index is 12.5. The molecule has 3 aliphatic rings. The van der Waals surface area contributed by atoms with E-state index in [1.54, 1.807) is 24.3 Å². The van der Waals surface area contributed by atoms with E-state index in [4.69, 9.17) is 4.74 Å². The molecule has 4 rings (SSSR count). The molecule has 1 saturated heterocycles. The van der Waals surface area contributed by atoms with Crippen molar-refractivity contribution < 1.29 is 49.0 Å². The van der Waals surface area contributed by atoms with Crippen LogP contribution in [0.5, 0.6) is 0 Å². The first-order valence-corrected chi connectivity index (χ1v) is 8.77. The molecule has 5 nitrogen and oxygen atoms in total. The van der Waals surface area contributed by atoms with Crippen molar-refractivity contribution >= 4 is 11.9 Å². The number of carbonyl (C=O) groups is 2. The number of carboxylic acid groups (broad SMARTS) is 1. The molecule has 5 atom stereocenters. The first kappa shape index (κ1) is 18.9. The number of carbonyl (C=O) groups excluding carboxylic acids is 2. The molecule has 1 N–H and O–H groups in total. The van der Waals surface area contributed by atoms with Gasteiger partial charge in [0.15, 0.2) is 0 Å². The normalized spacial score (nSPS) is 35.5. The number of rotatable bonds is 5. The summed E-state index contributed by atoms with van der Waals surface area (Å²) in [6, 6.07) is 8.96. The van der Waals surface area contributed by atoms with Crippen molar-refractivity contribution in [2.75, 3.05) is 13.2 Å². The number of benzene rings is 1. The summed E-state index contributed by atoms with van der Waals surface area (Å²) in [6.07, 6.45) is 3.97. The number of amides is 1. The largest absolute Gasteiger partial charge is 1.00 e. The first-order valence-electron chi connectivity index (χ1n) is 8.77. The summed E-state index contributed by atoms with van der Waals surface area (Å²) in [6.45, 7) is 1.41. The summed E-state index contributed by atoms with van der Waals surface area (Å²) in [5.74, 6) is -0.868. The Morgan fingerprint density at radius 2 is 2.00 bits per heavy atom. The van der Waals surface area contributed by atoms with Crippen molar-refractivity contribution in [2.45, 2.75) is 37.2 Å². The summed E-state index contributed by atoms with van der Waals surface area (Å²) in [4.78, 5) is 24.2.